The number of Topliss-reactive ketones (excluding diaryl/α,β-unsaturated/α-hetero) is 1. The van der Waals surface area contributed by atoms with Gasteiger partial charge in [-0.3, -0.25) is 14.4 Å². The summed E-state index contributed by atoms with van der Waals surface area (Å²) in [4.78, 5) is 15.1. The fourth-order valence-corrected chi connectivity index (χ4v) is 3.41. The van der Waals surface area contributed by atoms with E-state index in [4.69, 9.17) is 4.74 Å². The number of aryl methyl sites for hydroxylation is 1. The van der Waals surface area contributed by atoms with Gasteiger partial charge in [0, 0.05) is 42.9 Å². The Morgan fingerprint density at radius 3 is 2.88 bits per heavy atom. The molecule has 6 heteroatoms. The highest BCUT2D eigenvalue weighted by Gasteiger charge is 2.27. The van der Waals surface area contributed by atoms with E-state index in [9.17, 15) is 9.18 Å². The normalized spacial score (nSPS) is 18.3. The number of carbonyl (C=O) groups is 1. The lowest BCUT2D eigenvalue weighted by atomic mass is 9.89. The number of piperidine rings is 1. The van der Waals surface area contributed by atoms with Crippen LogP contribution in [0.1, 0.15) is 34.5 Å². The van der Waals surface area contributed by atoms with Gasteiger partial charge in [0.05, 0.1) is 13.3 Å². The van der Waals surface area contributed by atoms with Crippen molar-refractivity contribution >= 4 is 5.78 Å². The Labute approximate surface area is 147 Å². The van der Waals surface area contributed by atoms with E-state index in [0.29, 0.717) is 12.1 Å². The van der Waals surface area contributed by atoms with E-state index in [1.165, 1.54) is 24.8 Å². The Morgan fingerprint density at radius 2 is 2.24 bits per heavy atom. The minimum absolute atomic E-state index is 0.00848. The number of ether oxygens (including phenoxy) is 1. The molecule has 2 aromatic rings. The molecule has 5 nitrogen and oxygen atoms in total. The SMILES string of the molecule is COc1ccc(C(=O)[C@@H]2CCCN(Cc3cnn(C)c3C)C2)cc1F. The summed E-state index contributed by atoms with van der Waals surface area (Å²) in [5.41, 5.74) is 2.75. The highest BCUT2D eigenvalue weighted by atomic mass is 19.1. The molecule has 3 rings (SSSR count). The third kappa shape index (κ3) is 3.74. The zero-order valence-corrected chi connectivity index (χ0v) is 15.0. The summed E-state index contributed by atoms with van der Waals surface area (Å²) in [6.45, 7) is 4.51. The topological polar surface area (TPSA) is 47.4 Å². The van der Waals surface area contributed by atoms with Gasteiger partial charge in [0.1, 0.15) is 0 Å². The molecule has 25 heavy (non-hydrogen) atoms. The van der Waals surface area contributed by atoms with Gasteiger partial charge in [0.15, 0.2) is 17.3 Å². The van der Waals surface area contributed by atoms with E-state index in [-0.39, 0.29) is 17.5 Å². The second-order valence-electron chi connectivity index (χ2n) is 6.67. The highest BCUT2D eigenvalue weighted by molar-refractivity contribution is 5.98. The van der Waals surface area contributed by atoms with Crippen LogP contribution in [0.5, 0.6) is 5.75 Å². The zero-order valence-electron chi connectivity index (χ0n) is 15.0. The molecule has 1 saturated heterocycles. The molecular weight excluding hydrogens is 321 g/mol. The fourth-order valence-electron chi connectivity index (χ4n) is 3.41. The second-order valence-corrected chi connectivity index (χ2v) is 6.67. The molecular formula is C19H24FN3O2. The van der Waals surface area contributed by atoms with Gasteiger partial charge < -0.3 is 4.74 Å². The number of halogens is 1. The van der Waals surface area contributed by atoms with Crippen LogP contribution in [-0.2, 0) is 13.6 Å². The van der Waals surface area contributed by atoms with Crippen LogP contribution >= 0.6 is 0 Å². The maximum absolute atomic E-state index is 13.9. The third-order valence-electron chi connectivity index (χ3n) is 5.04. The first-order chi connectivity index (χ1) is 12.0. The van der Waals surface area contributed by atoms with Gasteiger partial charge in [0.25, 0.3) is 0 Å². The molecule has 1 aromatic carbocycles. The molecule has 0 spiro atoms. The number of ketones is 1. The molecule has 0 bridgehead atoms. The van der Waals surface area contributed by atoms with Crippen LogP contribution in [0.25, 0.3) is 0 Å². The number of aromatic nitrogens is 2. The summed E-state index contributed by atoms with van der Waals surface area (Å²) < 4.78 is 20.7. The van der Waals surface area contributed by atoms with E-state index in [1.54, 1.807) is 6.07 Å². The average molecular weight is 345 g/mol. The fraction of sp³-hybridized carbons (Fsp3) is 0.474. The van der Waals surface area contributed by atoms with Crippen molar-refractivity contribution in [2.24, 2.45) is 13.0 Å². The summed E-state index contributed by atoms with van der Waals surface area (Å²) in [7, 11) is 3.35. The Kier molecular flexibility index (Phi) is 5.18. The third-order valence-corrected chi connectivity index (χ3v) is 5.04. The lowest BCUT2D eigenvalue weighted by Crippen LogP contribution is -2.38. The van der Waals surface area contributed by atoms with Gasteiger partial charge in [-0.15, -0.1) is 0 Å². The quantitative estimate of drug-likeness (QED) is 0.782. The van der Waals surface area contributed by atoms with Crippen molar-refractivity contribution in [2.75, 3.05) is 20.2 Å². The molecule has 1 aromatic heterocycles. The van der Waals surface area contributed by atoms with Gasteiger partial charge in [-0.05, 0) is 44.5 Å². The molecule has 1 fully saturated rings. The Hall–Kier alpha value is -2.21. The number of carbonyl (C=O) groups excluding carboxylic acids is 1. The number of likely N-dealkylation sites (tertiary alicyclic amines) is 1. The van der Waals surface area contributed by atoms with Gasteiger partial charge in [0.2, 0.25) is 0 Å². The Bertz CT molecular complexity index is 772. The van der Waals surface area contributed by atoms with Crippen LogP contribution in [0.3, 0.4) is 0 Å². The van der Waals surface area contributed by atoms with Gasteiger partial charge in [-0.2, -0.15) is 5.10 Å². The summed E-state index contributed by atoms with van der Waals surface area (Å²) in [6, 6.07) is 4.45. The first kappa shape index (κ1) is 17.6. The van der Waals surface area contributed by atoms with Crippen molar-refractivity contribution in [3.8, 4) is 5.75 Å². The summed E-state index contributed by atoms with van der Waals surface area (Å²) in [5.74, 6) is -0.423. The average Bonchev–Trinajstić information content (AvgIpc) is 2.93. The second kappa shape index (κ2) is 7.35. The number of hydrogen-bond donors (Lipinski definition) is 0. The molecule has 0 amide bonds. The molecule has 0 saturated carbocycles. The van der Waals surface area contributed by atoms with Crippen molar-refractivity contribution in [2.45, 2.75) is 26.3 Å². The van der Waals surface area contributed by atoms with Crippen LogP contribution in [0.2, 0.25) is 0 Å². The predicted octanol–water partition coefficient (Wildman–Crippen LogP) is 2.97. The van der Waals surface area contributed by atoms with Crippen molar-refractivity contribution in [1.82, 2.24) is 14.7 Å². The lowest BCUT2D eigenvalue weighted by molar-refractivity contribution is 0.0811. The van der Waals surface area contributed by atoms with Crippen molar-refractivity contribution in [1.29, 1.82) is 0 Å². The number of rotatable bonds is 5. The van der Waals surface area contributed by atoms with Crippen LogP contribution in [0.4, 0.5) is 4.39 Å². The standard InChI is InChI=1S/C19H24FN3O2/c1-13-16(10-21-22(13)2)12-23-8-4-5-15(11-23)19(24)14-6-7-18(25-3)17(20)9-14/h6-7,9-10,15H,4-5,8,11-12H2,1-3H3/t15-/m1/s1. The predicted molar refractivity (Wildman–Crippen MR) is 93.2 cm³/mol. The molecule has 0 aliphatic carbocycles. The van der Waals surface area contributed by atoms with Crippen molar-refractivity contribution in [3.05, 3.63) is 47.0 Å². The van der Waals surface area contributed by atoms with Crippen molar-refractivity contribution in [3.63, 3.8) is 0 Å². The molecule has 1 atom stereocenters. The van der Waals surface area contributed by atoms with E-state index in [1.807, 2.05) is 17.9 Å². The first-order valence-electron chi connectivity index (χ1n) is 8.57. The van der Waals surface area contributed by atoms with Crippen LogP contribution in [0, 0.1) is 18.7 Å². The largest absolute Gasteiger partial charge is 0.494 e. The van der Waals surface area contributed by atoms with Gasteiger partial charge in [-0.1, -0.05) is 0 Å². The molecule has 2 heterocycles. The maximum Gasteiger partial charge on any atom is 0.167 e. The molecule has 0 N–H and O–H groups in total. The van der Waals surface area contributed by atoms with E-state index < -0.39 is 5.82 Å². The van der Waals surface area contributed by atoms with Crippen LogP contribution in [0.15, 0.2) is 24.4 Å². The highest BCUT2D eigenvalue weighted by Crippen LogP contribution is 2.25. The Balaban J connectivity index is 1.69. The van der Waals surface area contributed by atoms with E-state index in [0.717, 1.165) is 31.6 Å². The first-order valence-corrected chi connectivity index (χ1v) is 8.57. The van der Waals surface area contributed by atoms with Gasteiger partial charge >= 0.3 is 0 Å². The van der Waals surface area contributed by atoms with Crippen LogP contribution in [-0.4, -0.2) is 40.7 Å². The van der Waals surface area contributed by atoms with Gasteiger partial charge in [-0.25, -0.2) is 4.39 Å². The Morgan fingerprint density at radius 1 is 1.44 bits per heavy atom. The van der Waals surface area contributed by atoms with Crippen LogP contribution < -0.4 is 4.74 Å². The molecule has 0 unspecified atom stereocenters. The minimum Gasteiger partial charge on any atom is -0.494 e. The zero-order chi connectivity index (χ0) is 18.0. The number of nitrogens with zero attached hydrogens (tertiary/aromatic N) is 3. The lowest BCUT2D eigenvalue weighted by Gasteiger charge is -2.32. The van der Waals surface area contributed by atoms with E-state index in [2.05, 4.69) is 16.9 Å². The molecule has 0 radical (unpaired) electrons. The molecule has 1 aliphatic heterocycles. The maximum atomic E-state index is 13.9. The number of methoxy groups -OCH3 is 1. The van der Waals surface area contributed by atoms with Crippen molar-refractivity contribution < 1.29 is 13.9 Å². The number of benzene rings is 1. The summed E-state index contributed by atoms with van der Waals surface area (Å²) >= 11 is 0. The smallest absolute Gasteiger partial charge is 0.167 e. The summed E-state index contributed by atoms with van der Waals surface area (Å²) in [5, 5.41) is 4.28. The molecule has 134 valence electrons. The molecule has 1 aliphatic rings. The number of hydrogen-bond acceptors (Lipinski definition) is 4. The summed E-state index contributed by atoms with van der Waals surface area (Å²) in [6.07, 6.45) is 3.70. The van der Waals surface area contributed by atoms with E-state index >= 15 is 0 Å². The monoisotopic (exact) mass is 345 g/mol. The minimum atomic E-state index is -0.494.